The molecule has 22 heavy (non-hydrogen) atoms. The quantitative estimate of drug-likeness (QED) is 0.789. The number of aromatic amines is 1. The van der Waals surface area contributed by atoms with E-state index in [1.54, 1.807) is 6.33 Å². The molecule has 114 valence electrons. The molecule has 6 nitrogen and oxygen atoms in total. The monoisotopic (exact) mass is 296 g/mol. The van der Waals surface area contributed by atoms with Crippen LogP contribution in [0.3, 0.4) is 0 Å². The molecule has 0 spiro atoms. The summed E-state index contributed by atoms with van der Waals surface area (Å²) in [7, 11) is 2.01. The third-order valence-corrected chi connectivity index (χ3v) is 4.76. The molecule has 3 aromatic heterocycles. The number of aryl methyl sites for hydroxylation is 2. The molecule has 6 heteroatoms. The second-order valence-electron chi connectivity index (χ2n) is 6.00. The molecule has 0 aliphatic carbocycles. The summed E-state index contributed by atoms with van der Waals surface area (Å²) in [6, 6.07) is 2.41. The van der Waals surface area contributed by atoms with Crippen LogP contribution in [0.25, 0.3) is 11.0 Å². The third kappa shape index (κ3) is 1.83. The van der Waals surface area contributed by atoms with Crippen LogP contribution in [0.1, 0.15) is 35.8 Å². The maximum Gasteiger partial charge on any atom is 0.142 e. The van der Waals surface area contributed by atoms with Crippen molar-refractivity contribution in [2.45, 2.75) is 32.7 Å². The van der Waals surface area contributed by atoms with Gasteiger partial charge in [-0.15, -0.1) is 0 Å². The van der Waals surface area contributed by atoms with E-state index in [4.69, 9.17) is 0 Å². The second-order valence-corrected chi connectivity index (χ2v) is 6.00. The van der Waals surface area contributed by atoms with E-state index in [9.17, 15) is 0 Å². The van der Waals surface area contributed by atoms with E-state index in [0.29, 0.717) is 6.04 Å². The predicted molar refractivity (Wildman–Crippen MR) is 85.9 cm³/mol. The maximum atomic E-state index is 4.59. The number of nitrogens with zero attached hydrogens (tertiary/aromatic N) is 5. The van der Waals surface area contributed by atoms with Gasteiger partial charge in [-0.3, -0.25) is 4.68 Å². The van der Waals surface area contributed by atoms with Crippen LogP contribution in [0.15, 0.2) is 18.6 Å². The highest BCUT2D eigenvalue weighted by Crippen LogP contribution is 2.39. The Hall–Kier alpha value is -2.37. The Morgan fingerprint density at radius 3 is 2.91 bits per heavy atom. The topological polar surface area (TPSA) is 62.6 Å². The van der Waals surface area contributed by atoms with Crippen LogP contribution in [0, 0.1) is 13.8 Å². The van der Waals surface area contributed by atoms with Crippen LogP contribution in [-0.2, 0) is 7.05 Å². The predicted octanol–water partition coefficient (Wildman–Crippen LogP) is 2.65. The van der Waals surface area contributed by atoms with Crippen molar-refractivity contribution in [3.63, 3.8) is 0 Å². The lowest BCUT2D eigenvalue weighted by Gasteiger charge is -2.26. The Bertz CT molecular complexity index is 830. The molecule has 1 atom stereocenters. The fourth-order valence-electron chi connectivity index (χ4n) is 3.68. The lowest BCUT2D eigenvalue weighted by molar-refractivity contribution is 0.694. The minimum atomic E-state index is 0.349. The standard InChI is InChI=1S/C16H20N6/c1-10-14(11(2)21(3)20-10)13-5-4-8-22(13)16-12-6-7-17-15(12)18-9-19-16/h6-7,9,13H,4-5,8H2,1-3H3,(H,17,18,19)/t13-/m1/s1. The maximum absolute atomic E-state index is 4.59. The number of hydrogen-bond acceptors (Lipinski definition) is 4. The van der Waals surface area contributed by atoms with Crippen molar-refractivity contribution in [1.29, 1.82) is 0 Å². The van der Waals surface area contributed by atoms with Gasteiger partial charge in [-0.1, -0.05) is 0 Å². The Kier molecular flexibility index (Phi) is 2.92. The fraction of sp³-hybridized carbons (Fsp3) is 0.438. The number of aromatic nitrogens is 5. The van der Waals surface area contributed by atoms with Crippen molar-refractivity contribution in [3.05, 3.63) is 35.5 Å². The second kappa shape index (κ2) is 4.83. The Morgan fingerprint density at radius 2 is 2.14 bits per heavy atom. The molecule has 3 aromatic rings. The SMILES string of the molecule is Cc1nn(C)c(C)c1[C@H]1CCCN1c1ncnc2[nH]ccc12. The first-order valence-electron chi connectivity index (χ1n) is 7.71. The van der Waals surface area contributed by atoms with Gasteiger partial charge in [0.2, 0.25) is 0 Å². The van der Waals surface area contributed by atoms with Crippen LogP contribution < -0.4 is 4.90 Å². The lowest BCUT2D eigenvalue weighted by Crippen LogP contribution is -2.24. The molecule has 0 bridgehead atoms. The summed E-state index contributed by atoms with van der Waals surface area (Å²) < 4.78 is 1.98. The highest BCUT2D eigenvalue weighted by molar-refractivity contribution is 5.87. The van der Waals surface area contributed by atoms with E-state index in [2.05, 4.69) is 44.9 Å². The summed E-state index contributed by atoms with van der Waals surface area (Å²) in [6.07, 6.45) is 5.89. The Morgan fingerprint density at radius 1 is 1.27 bits per heavy atom. The molecule has 0 amide bonds. The van der Waals surface area contributed by atoms with E-state index in [0.717, 1.165) is 35.5 Å². The fourth-order valence-corrected chi connectivity index (χ4v) is 3.68. The van der Waals surface area contributed by atoms with Crippen molar-refractivity contribution >= 4 is 16.9 Å². The minimum Gasteiger partial charge on any atom is -0.349 e. The third-order valence-electron chi connectivity index (χ3n) is 4.76. The molecule has 1 aliphatic rings. The zero-order valence-electron chi connectivity index (χ0n) is 13.2. The summed E-state index contributed by atoms with van der Waals surface area (Å²) in [5.74, 6) is 1.02. The number of fused-ring (bicyclic) bond motifs is 1. The van der Waals surface area contributed by atoms with E-state index in [-0.39, 0.29) is 0 Å². The number of hydrogen-bond donors (Lipinski definition) is 1. The zero-order chi connectivity index (χ0) is 15.3. The van der Waals surface area contributed by atoms with Gasteiger partial charge >= 0.3 is 0 Å². The van der Waals surface area contributed by atoms with Gasteiger partial charge in [-0.25, -0.2) is 9.97 Å². The Balaban J connectivity index is 1.83. The van der Waals surface area contributed by atoms with Gasteiger partial charge in [0.15, 0.2) is 0 Å². The van der Waals surface area contributed by atoms with Crippen molar-refractivity contribution < 1.29 is 0 Å². The summed E-state index contributed by atoms with van der Waals surface area (Å²) in [5, 5.41) is 5.68. The van der Waals surface area contributed by atoms with Crippen LogP contribution in [0.2, 0.25) is 0 Å². The largest absolute Gasteiger partial charge is 0.349 e. The lowest BCUT2D eigenvalue weighted by atomic mass is 10.0. The average molecular weight is 296 g/mol. The summed E-state index contributed by atoms with van der Waals surface area (Å²) in [4.78, 5) is 14.5. The summed E-state index contributed by atoms with van der Waals surface area (Å²) in [6.45, 7) is 5.28. The van der Waals surface area contributed by atoms with Crippen molar-refractivity contribution in [1.82, 2.24) is 24.7 Å². The van der Waals surface area contributed by atoms with Crippen LogP contribution >= 0.6 is 0 Å². The average Bonchev–Trinajstić information content (AvgIpc) is 3.19. The number of anilines is 1. The minimum absolute atomic E-state index is 0.349. The summed E-state index contributed by atoms with van der Waals surface area (Å²) >= 11 is 0. The van der Waals surface area contributed by atoms with Gasteiger partial charge in [-0.2, -0.15) is 5.10 Å². The van der Waals surface area contributed by atoms with E-state index >= 15 is 0 Å². The molecule has 4 rings (SSSR count). The van der Waals surface area contributed by atoms with Gasteiger partial charge in [-0.05, 0) is 32.8 Å². The smallest absolute Gasteiger partial charge is 0.142 e. The molecule has 1 saturated heterocycles. The molecule has 1 aliphatic heterocycles. The molecule has 0 unspecified atom stereocenters. The zero-order valence-corrected chi connectivity index (χ0v) is 13.2. The van der Waals surface area contributed by atoms with Crippen LogP contribution in [0.4, 0.5) is 5.82 Å². The molecule has 1 N–H and O–H groups in total. The first-order chi connectivity index (χ1) is 10.7. The van der Waals surface area contributed by atoms with Gasteiger partial charge in [0.05, 0.1) is 17.1 Å². The first kappa shape index (κ1) is 13.3. The summed E-state index contributed by atoms with van der Waals surface area (Å²) in [5.41, 5.74) is 4.61. The van der Waals surface area contributed by atoms with Crippen molar-refractivity contribution in [3.8, 4) is 0 Å². The number of nitrogens with one attached hydrogen (secondary N) is 1. The molecule has 0 aromatic carbocycles. The number of rotatable bonds is 2. The van der Waals surface area contributed by atoms with Crippen molar-refractivity contribution in [2.75, 3.05) is 11.4 Å². The highest BCUT2D eigenvalue weighted by atomic mass is 15.3. The van der Waals surface area contributed by atoms with Gasteiger partial charge < -0.3 is 9.88 Å². The number of H-pyrrole nitrogens is 1. The normalized spacial score (nSPS) is 18.5. The van der Waals surface area contributed by atoms with Crippen molar-refractivity contribution in [2.24, 2.45) is 7.05 Å². The molecular formula is C16H20N6. The first-order valence-corrected chi connectivity index (χ1v) is 7.71. The van der Waals surface area contributed by atoms with E-state index in [1.807, 2.05) is 17.9 Å². The molecule has 4 heterocycles. The van der Waals surface area contributed by atoms with E-state index < -0.39 is 0 Å². The van der Waals surface area contributed by atoms with Gasteiger partial charge in [0.1, 0.15) is 17.8 Å². The van der Waals surface area contributed by atoms with Gasteiger partial charge in [0.25, 0.3) is 0 Å². The molecule has 0 radical (unpaired) electrons. The highest BCUT2D eigenvalue weighted by Gasteiger charge is 2.32. The van der Waals surface area contributed by atoms with E-state index in [1.165, 1.54) is 17.7 Å². The van der Waals surface area contributed by atoms with Gasteiger partial charge in [0, 0.05) is 31.0 Å². The Labute approximate surface area is 129 Å². The molecule has 0 saturated carbocycles. The molecular weight excluding hydrogens is 276 g/mol. The van der Waals surface area contributed by atoms with Crippen LogP contribution in [-0.4, -0.2) is 31.3 Å². The molecule has 1 fully saturated rings. The van der Waals surface area contributed by atoms with Crippen LogP contribution in [0.5, 0.6) is 0 Å².